The average Bonchev–Trinajstić information content (AvgIpc) is 3.40. The third-order valence-electron chi connectivity index (χ3n) is 4.76. The van der Waals surface area contributed by atoms with Gasteiger partial charge in [0.1, 0.15) is 5.82 Å². The second-order valence-corrected chi connectivity index (χ2v) is 6.65. The van der Waals surface area contributed by atoms with Crippen LogP contribution in [0.3, 0.4) is 0 Å². The predicted octanol–water partition coefficient (Wildman–Crippen LogP) is 2.71. The van der Waals surface area contributed by atoms with Crippen LogP contribution < -0.4 is 5.73 Å². The van der Waals surface area contributed by atoms with E-state index in [1.54, 1.807) is 12.1 Å². The highest BCUT2D eigenvalue weighted by Gasteiger charge is 2.27. The van der Waals surface area contributed by atoms with Crippen LogP contribution >= 0.6 is 0 Å². The maximum absolute atomic E-state index is 13.9. The zero-order valence-corrected chi connectivity index (χ0v) is 13.5. The number of ether oxygens (including phenoxy) is 1. The largest absolute Gasteiger partial charge is 0.376 e. The normalized spacial score (nSPS) is 21.5. The maximum atomic E-state index is 13.9. The van der Waals surface area contributed by atoms with E-state index in [9.17, 15) is 9.18 Å². The Morgan fingerprint density at radius 3 is 2.87 bits per heavy atom. The zero-order valence-electron chi connectivity index (χ0n) is 13.5. The Kier molecular flexibility index (Phi) is 5.28. The lowest BCUT2D eigenvalue weighted by molar-refractivity contribution is 0.0622. The number of halogens is 1. The molecular formula is C18H25FN2O2. The number of nitrogens with two attached hydrogens (primary N) is 1. The predicted molar refractivity (Wildman–Crippen MR) is 86.5 cm³/mol. The van der Waals surface area contributed by atoms with Crippen LogP contribution in [-0.2, 0) is 11.3 Å². The number of likely N-dealkylation sites (tertiary alicyclic amines) is 1. The average molecular weight is 320 g/mol. The molecule has 1 heterocycles. The summed E-state index contributed by atoms with van der Waals surface area (Å²) in [4.78, 5) is 14.6. The summed E-state index contributed by atoms with van der Waals surface area (Å²) in [6, 6.07) is 4.65. The third-order valence-corrected chi connectivity index (χ3v) is 4.76. The lowest BCUT2D eigenvalue weighted by Gasteiger charge is -2.35. The van der Waals surface area contributed by atoms with Crippen LogP contribution in [0.4, 0.5) is 4.39 Å². The Morgan fingerprint density at radius 1 is 1.30 bits per heavy atom. The van der Waals surface area contributed by atoms with Gasteiger partial charge in [-0.25, -0.2) is 4.39 Å². The second-order valence-electron chi connectivity index (χ2n) is 6.65. The molecule has 1 aliphatic carbocycles. The van der Waals surface area contributed by atoms with Gasteiger partial charge in [-0.15, -0.1) is 0 Å². The van der Waals surface area contributed by atoms with Crippen molar-refractivity contribution in [1.82, 2.24) is 4.90 Å². The van der Waals surface area contributed by atoms with Crippen molar-refractivity contribution < 1.29 is 13.9 Å². The fraction of sp³-hybridized carbons (Fsp3) is 0.611. The first-order valence-corrected chi connectivity index (χ1v) is 8.56. The number of piperidine rings is 1. The monoisotopic (exact) mass is 320 g/mol. The topological polar surface area (TPSA) is 55.6 Å². The van der Waals surface area contributed by atoms with Gasteiger partial charge in [0.2, 0.25) is 0 Å². The minimum absolute atomic E-state index is 0.0522. The zero-order chi connectivity index (χ0) is 16.2. The maximum Gasteiger partial charge on any atom is 0.254 e. The van der Waals surface area contributed by atoms with Crippen molar-refractivity contribution in [3.63, 3.8) is 0 Å². The van der Waals surface area contributed by atoms with Gasteiger partial charge in [-0.3, -0.25) is 4.79 Å². The van der Waals surface area contributed by atoms with Crippen LogP contribution in [0.15, 0.2) is 18.2 Å². The smallest absolute Gasteiger partial charge is 0.254 e. The lowest BCUT2D eigenvalue weighted by Crippen LogP contribution is -2.47. The molecule has 1 amide bonds. The number of benzene rings is 1. The van der Waals surface area contributed by atoms with Crippen molar-refractivity contribution in [3.8, 4) is 0 Å². The number of hydrogen-bond acceptors (Lipinski definition) is 3. The number of rotatable bonds is 6. The molecule has 1 aliphatic heterocycles. The Labute approximate surface area is 136 Å². The third kappa shape index (κ3) is 4.09. The Bertz CT molecular complexity index is 560. The summed E-state index contributed by atoms with van der Waals surface area (Å²) in [6.45, 7) is 2.11. The van der Waals surface area contributed by atoms with Crippen molar-refractivity contribution in [2.24, 2.45) is 11.7 Å². The quantitative estimate of drug-likeness (QED) is 0.877. The molecule has 0 spiro atoms. The molecule has 1 aromatic rings. The van der Waals surface area contributed by atoms with Crippen molar-refractivity contribution >= 4 is 5.91 Å². The van der Waals surface area contributed by atoms with Crippen LogP contribution in [0.5, 0.6) is 0 Å². The lowest BCUT2D eigenvalue weighted by atomic mass is 10.0. The highest BCUT2D eigenvalue weighted by atomic mass is 19.1. The van der Waals surface area contributed by atoms with Crippen molar-refractivity contribution in [1.29, 1.82) is 0 Å². The molecule has 5 heteroatoms. The van der Waals surface area contributed by atoms with E-state index in [1.165, 1.54) is 18.9 Å². The fourth-order valence-corrected chi connectivity index (χ4v) is 3.12. The van der Waals surface area contributed by atoms with Crippen LogP contribution in [0.1, 0.15) is 48.0 Å². The highest BCUT2D eigenvalue weighted by molar-refractivity contribution is 5.94. The fourth-order valence-electron chi connectivity index (χ4n) is 3.12. The van der Waals surface area contributed by atoms with Gasteiger partial charge in [-0.05, 0) is 56.2 Å². The molecule has 1 saturated heterocycles. The van der Waals surface area contributed by atoms with E-state index in [-0.39, 0.29) is 24.4 Å². The molecule has 1 unspecified atom stereocenters. The molecule has 1 aromatic carbocycles. The number of carbonyl (C=O) groups excluding carboxylic acids is 1. The van der Waals surface area contributed by atoms with Crippen molar-refractivity contribution in [3.05, 3.63) is 35.1 Å². The molecule has 2 aliphatic rings. The highest BCUT2D eigenvalue weighted by Crippen LogP contribution is 2.29. The van der Waals surface area contributed by atoms with Crippen LogP contribution in [0.25, 0.3) is 0 Å². The van der Waals surface area contributed by atoms with E-state index >= 15 is 0 Å². The summed E-state index contributed by atoms with van der Waals surface area (Å²) in [7, 11) is 0. The van der Waals surface area contributed by atoms with E-state index in [1.807, 2.05) is 4.90 Å². The molecule has 1 atom stereocenters. The Morgan fingerprint density at radius 2 is 2.13 bits per heavy atom. The summed E-state index contributed by atoms with van der Waals surface area (Å²) in [5.74, 6) is 0.275. The minimum Gasteiger partial charge on any atom is -0.376 e. The number of carbonyl (C=O) groups is 1. The Hall–Kier alpha value is -1.46. The molecule has 2 fully saturated rings. The molecule has 23 heavy (non-hydrogen) atoms. The molecule has 126 valence electrons. The van der Waals surface area contributed by atoms with Crippen LogP contribution in [0, 0.1) is 11.7 Å². The first kappa shape index (κ1) is 16.4. The standard InChI is InChI=1S/C18H25FN2O2/c19-17-7-6-14(9-15(17)12-23-11-13-4-5-13)18(22)21-8-2-1-3-16(21)10-20/h6-7,9,13,16H,1-5,8,10-12,20H2. The van der Waals surface area contributed by atoms with Crippen molar-refractivity contribution in [2.75, 3.05) is 19.7 Å². The van der Waals surface area contributed by atoms with E-state index < -0.39 is 0 Å². The summed E-state index contributed by atoms with van der Waals surface area (Å²) >= 11 is 0. The Balaban J connectivity index is 1.69. The molecule has 4 nitrogen and oxygen atoms in total. The molecule has 2 N–H and O–H groups in total. The second kappa shape index (κ2) is 7.41. The summed E-state index contributed by atoms with van der Waals surface area (Å²) in [6.07, 6.45) is 5.46. The summed E-state index contributed by atoms with van der Waals surface area (Å²) < 4.78 is 19.5. The number of hydrogen-bond donors (Lipinski definition) is 1. The molecule has 0 bridgehead atoms. The molecule has 1 saturated carbocycles. The SMILES string of the molecule is NCC1CCCCN1C(=O)c1ccc(F)c(COCC2CC2)c1. The number of amides is 1. The van der Waals surface area contributed by atoms with Gasteiger partial charge in [-0.2, -0.15) is 0 Å². The van der Waals surface area contributed by atoms with E-state index in [4.69, 9.17) is 10.5 Å². The van der Waals surface area contributed by atoms with Crippen LogP contribution in [-0.4, -0.2) is 36.5 Å². The van der Waals surface area contributed by atoms with Gasteiger partial charge in [-0.1, -0.05) is 0 Å². The summed E-state index contributed by atoms with van der Waals surface area (Å²) in [5.41, 5.74) is 6.77. The van der Waals surface area contributed by atoms with Crippen molar-refractivity contribution in [2.45, 2.75) is 44.8 Å². The molecule has 3 rings (SSSR count). The van der Waals surface area contributed by atoms with Crippen LogP contribution in [0.2, 0.25) is 0 Å². The summed E-state index contributed by atoms with van der Waals surface area (Å²) in [5, 5.41) is 0. The van der Waals surface area contributed by atoms with E-state index in [0.29, 0.717) is 30.2 Å². The first-order valence-electron chi connectivity index (χ1n) is 8.56. The van der Waals surface area contributed by atoms with Gasteiger partial charge in [0.25, 0.3) is 5.91 Å². The number of nitrogens with zero attached hydrogens (tertiary/aromatic N) is 1. The van der Waals surface area contributed by atoms with Gasteiger partial charge in [0, 0.05) is 36.9 Å². The first-order chi connectivity index (χ1) is 11.2. The van der Waals surface area contributed by atoms with Gasteiger partial charge >= 0.3 is 0 Å². The van der Waals surface area contributed by atoms with E-state index in [2.05, 4.69) is 0 Å². The van der Waals surface area contributed by atoms with Gasteiger partial charge < -0.3 is 15.4 Å². The molecule has 0 aromatic heterocycles. The minimum atomic E-state index is -0.314. The molecular weight excluding hydrogens is 295 g/mol. The van der Waals surface area contributed by atoms with Gasteiger partial charge in [0.05, 0.1) is 6.61 Å². The van der Waals surface area contributed by atoms with Gasteiger partial charge in [0.15, 0.2) is 0 Å². The molecule has 0 radical (unpaired) electrons. The van der Waals surface area contributed by atoms with E-state index in [0.717, 1.165) is 25.8 Å².